The number of anilines is 1. The number of benzene rings is 2. The first kappa shape index (κ1) is 21.5. The summed E-state index contributed by atoms with van der Waals surface area (Å²) in [7, 11) is 7.88. The number of urea groups is 1. The molecule has 2 heterocycles. The Bertz CT molecular complexity index is 1060. The van der Waals surface area contributed by atoms with Crippen molar-refractivity contribution in [3.8, 4) is 23.0 Å². The van der Waals surface area contributed by atoms with E-state index in [9.17, 15) is 9.59 Å². The van der Waals surface area contributed by atoms with Gasteiger partial charge in [-0.3, -0.25) is 9.69 Å². The molecule has 0 N–H and O–H groups in total. The van der Waals surface area contributed by atoms with E-state index in [-0.39, 0.29) is 18.2 Å². The summed E-state index contributed by atoms with van der Waals surface area (Å²) in [5, 5.41) is 0. The second-order valence-corrected chi connectivity index (χ2v) is 7.50. The van der Waals surface area contributed by atoms with Crippen LogP contribution >= 0.6 is 0 Å². The molecule has 0 unspecified atom stereocenters. The molecule has 3 amide bonds. The van der Waals surface area contributed by atoms with Crippen molar-refractivity contribution in [2.75, 3.05) is 40.4 Å². The molecule has 32 heavy (non-hydrogen) atoms. The minimum absolute atomic E-state index is 0.160. The molecule has 2 aliphatic rings. The van der Waals surface area contributed by atoms with Gasteiger partial charge in [0.05, 0.1) is 40.2 Å². The van der Waals surface area contributed by atoms with Gasteiger partial charge in [-0.25, -0.2) is 4.79 Å². The molecule has 0 aliphatic carbocycles. The molecule has 1 saturated heterocycles. The number of aliphatic imine (C=N–C) groups is 1. The van der Waals surface area contributed by atoms with Crippen LogP contribution in [0, 0.1) is 0 Å². The summed E-state index contributed by atoms with van der Waals surface area (Å²) in [6.45, 7) is 0. The van der Waals surface area contributed by atoms with Crippen LogP contribution in [0.4, 0.5) is 10.5 Å². The van der Waals surface area contributed by atoms with E-state index >= 15 is 0 Å². The number of fused-ring (bicyclic) bond motifs is 1. The van der Waals surface area contributed by atoms with Gasteiger partial charge in [-0.1, -0.05) is 0 Å². The van der Waals surface area contributed by atoms with Crippen LogP contribution in [0.1, 0.15) is 17.9 Å². The molecule has 2 aromatic carbocycles. The van der Waals surface area contributed by atoms with Crippen molar-refractivity contribution in [1.82, 2.24) is 4.90 Å². The van der Waals surface area contributed by atoms with Gasteiger partial charge in [-0.15, -0.1) is 0 Å². The molecular formula is C23H25N3O6. The van der Waals surface area contributed by atoms with Crippen LogP contribution in [-0.4, -0.2) is 64.2 Å². The van der Waals surface area contributed by atoms with Crippen molar-refractivity contribution >= 4 is 23.5 Å². The Morgan fingerprint density at radius 3 is 2.06 bits per heavy atom. The van der Waals surface area contributed by atoms with Gasteiger partial charge >= 0.3 is 6.03 Å². The molecule has 0 bridgehead atoms. The monoisotopic (exact) mass is 439 g/mol. The van der Waals surface area contributed by atoms with E-state index in [1.165, 1.54) is 26.2 Å². The highest BCUT2D eigenvalue weighted by molar-refractivity contribution is 6.25. The summed E-state index contributed by atoms with van der Waals surface area (Å²) >= 11 is 0. The normalized spacial score (nSPS) is 20.1. The Morgan fingerprint density at radius 1 is 0.906 bits per heavy atom. The van der Waals surface area contributed by atoms with Gasteiger partial charge in [0, 0.05) is 19.4 Å². The number of ether oxygens (including phenoxy) is 4. The smallest absolute Gasteiger partial charge is 0.345 e. The Morgan fingerprint density at radius 2 is 1.53 bits per heavy atom. The van der Waals surface area contributed by atoms with Gasteiger partial charge < -0.3 is 23.8 Å². The average molecular weight is 439 g/mol. The van der Waals surface area contributed by atoms with Crippen LogP contribution in [0.15, 0.2) is 41.4 Å². The number of amidine groups is 1. The van der Waals surface area contributed by atoms with Crippen molar-refractivity contribution in [1.29, 1.82) is 0 Å². The van der Waals surface area contributed by atoms with Crippen LogP contribution in [0.2, 0.25) is 0 Å². The number of piperidine rings is 1. The van der Waals surface area contributed by atoms with Crippen molar-refractivity contribution in [2.24, 2.45) is 4.99 Å². The number of likely N-dealkylation sites (N-methyl/N-ethyl adjacent to an activating group) is 1. The van der Waals surface area contributed by atoms with Crippen molar-refractivity contribution in [2.45, 2.75) is 18.4 Å². The third-order valence-electron chi connectivity index (χ3n) is 5.89. The van der Waals surface area contributed by atoms with E-state index in [4.69, 9.17) is 18.9 Å². The van der Waals surface area contributed by atoms with Gasteiger partial charge in [-0.05, 0) is 42.0 Å². The summed E-state index contributed by atoms with van der Waals surface area (Å²) in [4.78, 5) is 33.2. The summed E-state index contributed by atoms with van der Waals surface area (Å²) in [5.74, 6) is 2.01. The minimum atomic E-state index is -0.426. The predicted molar refractivity (Wildman–Crippen MR) is 118 cm³/mol. The molecule has 1 fully saturated rings. The highest BCUT2D eigenvalue weighted by atomic mass is 16.5. The first-order chi connectivity index (χ1) is 15.4. The van der Waals surface area contributed by atoms with Gasteiger partial charge in [-0.2, -0.15) is 4.99 Å². The number of hydrogen-bond acceptors (Lipinski definition) is 6. The molecule has 2 aliphatic heterocycles. The highest BCUT2D eigenvalue weighted by Gasteiger charge is 2.48. The molecule has 9 nitrogen and oxygen atoms in total. The molecule has 168 valence electrons. The van der Waals surface area contributed by atoms with Crippen molar-refractivity contribution in [3.63, 3.8) is 0 Å². The fourth-order valence-electron chi connectivity index (χ4n) is 4.31. The average Bonchev–Trinajstić information content (AvgIpc) is 3.11. The number of amides is 3. The second kappa shape index (κ2) is 8.41. The van der Waals surface area contributed by atoms with Crippen LogP contribution in [-0.2, 0) is 4.79 Å². The topological polar surface area (TPSA) is 89.9 Å². The number of hydrogen-bond donors (Lipinski definition) is 0. The van der Waals surface area contributed by atoms with Crippen LogP contribution in [0.25, 0.3) is 0 Å². The second-order valence-electron chi connectivity index (χ2n) is 7.50. The first-order valence-corrected chi connectivity index (χ1v) is 10.1. The molecule has 0 saturated carbocycles. The zero-order valence-corrected chi connectivity index (χ0v) is 18.6. The van der Waals surface area contributed by atoms with E-state index in [1.807, 2.05) is 12.1 Å². The van der Waals surface area contributed by atoms with E-state index in [2.05, 4.69) is 4.99 Å². The van der Waals surface area contributed by atoms with E-state index < -0.39 is 12.1 Å². The standard InChI is InChI=1S/C23H25N3O6/c1-25-20-16(13-10-17(30-3)21(32-5)18(11-13)31-4)12-19(27)26(22(20)24-23(25)28)14-6-8-15(29-2)9-7-14/h6-11,16,20H,12H2,1-5H3/t16-,20+/m1/s1. The van der Waals surface area contributed by atoms with Crippen molar-refractivity contribution < 1.29 is 28.5 Å². The zero-order valence-electron chi connectivity index (χ0n) is 18.6. The Balaban J connectivity index is 1.78. The summed E-state index contributed by atoms with van der Waals surface area (Å²) < 4.78 is 21.6. The van der Waals surface area contributed by atoms with Crippen molar-refractivity contribution in [3.05, 3.63) is 42.0 Å². The predicted octanol–water partition coefficient (Wildman–Crippen LogP) is 3.07. The van der Waals surface area contributed by atoms with E-state index in [0.29, 0.717) is 34.5 Å². The molecule has 2 atom stereocenters. The fourth-order valence-corrected chi connectivity index (χ4v) is 4.31. The van der Waals surface area contributed by atoms with Gasteiger partial charge in [0.1, 0.15) is 11.6 Å². The Labute approximate surface area is 186 Å². The molecule has 4 rings (SSSR count). The van der Waals surface area contributed by atoms with Gasteiger partial charge in [0.25, 0.3) is 0 Å². The summed E-state index contributed by atoms with van der Waals surface area (Å²) in [6, 6.07) is 9.90. The quantitative estimate of drug-likeness (QED) is 0.687. The highest BCUT2D eigenvalue weighted by Crippen LogP contribution is 2.44. The molecule has 0 spiro atoms. The maximum absolute atomic E-state index is 13.3. The fraction of sp³-hybridized carbons (Fsp3) is 0.348. The SMILES string of the molecule is COc1ccc(N2C(=O)C[C@H](c3cc(OC)c(OC)c(OC)c3)[C@H]3C2=NC(=O)N3C)cc1. The number of nitrogens with zero attached hydrogens (tertiary/aromatic N) is 3. The van der Waals surface area contributed by atoms with E-state index in [1.54, 1.807) is 43.3 Å². The Kier molecular flexibility index (Phi) is 5.65. The summed E-state index contributed by atoms with van der Waals surface area (Å²) in [6.07, 6.45) is 0.173. The molecule has 9 heteroatoms. The Hall–Kier alpha value is -3.75. The van der Waals surface area contributed by atoms with Crippen LogP contribution < -0.4 is 23.8 Å². The largest absolute Gasteiger partial charge is 0.497 e. The lowest BCUT2D eigenvalue weighted by molar-refractivity contribution is -0.118. The van der Waals surface area contributed by atoms with Gasteiger partial charge in [0.15, 0.2) is 11.5 Å². The first-order valence-electron chi connectivity index (χ1n) is 10.1. The number of carbonyl (C=O) groups is 2. The van der Waals surface area contributed by atoms with Crippen LogP contribution in [0.3, 0.4) is 0 Å². The maximum Gasteiger partial charge on any atom is 0.345 e. The minimum Gasteiger partial charge on any atom is -0.497 e. The summed E-state index contributed by atoms with van der Waals surface area (Å²) in [5.41, 5.74) is 1.42. The van der Waals surface area contributed by atoms with E-state index in [0.717, 1.165) is 5.56 Å². The third kappa shape index (κ3) is 3.39. The molecule has 2 aromatic rings. The molecular weight excluding hydrogens is 414 g/mol. The van der Waals surface area contributed by atoms with Gasteiger partial charge in [0.2, 0.25) is 11.7 Å². The molecule has 0 radical (unpaired) electrons. The zero-order chi connectivity index (χ0) is 23.0. The maximum atomic E-state index is 13.3. The lowest BCUT2D eigenvalue weighted by Crippen LogP contribution is -2.54. The number of carbonyl (C=O) groups excluding carboxylic acids is 2. The third-order valence-corrected chi connectivity index (χ3v) is 5.89. The number of rotatable bonds is 6. The van der Waals surface area contributed by atoms with Crippen LogP contribution in [0.5, 0.6) is 23.0 Å². The number of methoxy groups -OCH3 is 4. The lowest BCUT2D eigenvalue weighted by Gasteiger charge is -2.39. The molecule has 0 aromatic heterocycles. The lowest BCUT2D eigenvalue weighted by atomic mass is 9.83.